The Kier molecular flexibility index (Phi) is 4.46. The fourth-order valence-electron chi connectivity index (χ4n) is 2.90. The minimum atomic E-state index is 0.520. The van der Waals surface area contributed by atoms with Crippen molar-refractivity contribution in [3.63, 3.8) is 0 Å². The smallest absolute Gasteiger partial charge is 0.180 e. The van der Waals surface area contributed by atoms with Crippen LogP contribution >= 0.6 is 11.5 Å². The number of aromatic nitrogens is 6. The number of nitrogens with two attached hydrogens (primary N) is 1. The molecule has 0 fully saturated rings. The molecule has 9 heteroatoms. The molecule has 4 heterocycles. The van der Waals surface area contributed by atoms with Crippen LogP contribution in [0.5, 0.6) is 0 Å². The first-order chi connectivity index (χ1) is 13.1. The quantitative estimate of drug-likeness (QED) is 0.534. The molecule has 3 N–H and O–H groups in total. The van der Waals surface area contributed by atoms with Crippen LogP contribution in [0, 0.1) is 0 Å². The molecule has 4 aromatic heterocycles. The summed E-state index contributed by atoms with van der Waals surface area (Å²) < 4.78 is 8.06. The van der Waals surface area contributed by atoms with Crippen molar-refractivity contribution < 1.29 is 0 Å². The van der Waals surface area contributed by atoms with Crippen LogP contribution in [0.1, 0.15) is 18.2 Å². The van der Waals surface area contributed by atoms with Gasteiger partial charge in [-0.3, -0.25) is 9.08 Å². The van der Waals surface area contributed by atoms with Gasteiger partial charge in [-0.2, -0.15) is 9.47 Å². The molecule has 0 aliphatic heterocycles. The van der Waals surface area contributed by atoms with Gasteiger partial charge in [-0.1, -0.05) is 6.58 Å². The predicted octanol–water partition coefficient (Wildman–Crippen LogP) is 2.86. The molecule has 0 radical (unpaired) electrons. The molecular formula is C18H20N8S. The summed E-state index contributed by atoms with van der Waals surface area (Å²) in [5.74, 6) is 0.669. The van der Waals surface area contributed by atoms with E-state index in [0.29, 0.717) is 18.8 Å². The van der Waals surface area contributed by atoms with E-state index >= 15 is 0 Å². The molecule has 27 heavy (non-hydrogen) atoms. The number of fused-ring (bicyclic) bond motifs is 1. The van der Waals surface area contributed by atoms with Crippen LogP contribution in [0.3, 0.4) is 0 Å². The number of allylic oxidation sites excluding steroid dienone is 1. The van der Waals surface area contributed by atoms with Crippen LogP contribution in [-0.4, -0.2) is 35.1 Å². The van der Waals surface area contributed by atoms with Gasteiger partial charge < -0.3 is 11.1 Å². The maximum absolute atomic E-state index is 5.76. The maximum atomic E-state index is 5.76. The van der Waals surface area contributed by atoms with Crippen LogP contribution in [-0.2, 0) is 13.5 Å². The van der Waals surface area contributed by atoms with E-state index in [-0.39, 0.29) is 0 Å². The first kappa shape index (κ1) is 17.4. The molecular weight excluding hydrogens is 360 g/mol. The van der Waals surface area contributed by atoms with E-state index in [9.17, 15) is 0 Å². The molecule has 0 aromatic carbocycles. The molecule has 0 bridgehead atoms. The van der Waals surface area contributed by atoms with Gasteiger partial charge in [0.05, 0.1) is 30.0 Å². The Labute approximate surface area is 160 Å². The zero-order valence-corrected chi connectivity index (χ0v) is 16.0. The van der Waals surface area contributed by atoms with E-state index in [4.69, 9.17) is 10.7 Å². The molecule has 0 atom stereocenters. The molecule has 0 aliphatic carbocycles. The predicted molar refractivity (Wildman–Crippen MR) is 108 cm³/mol. The third-order valence-corrected chi connectivity index (χ3v) is 4.92. The topological polar surface area (TPSA) is 99.0 Å². The summed E-state index contributed by atoms with van der Waals surface area (Å²) in [7, 11) is 1.89. The van der Waals surface area contributed by atoms with Crippen molar-refractivity contribution in [3.8, 4) is 11.3 Å². The number of hydrogen-bond acceptors (Lipinski definition) is 7. The molecule has 0 saturated carbocycles. The third-order valence-electron chi connectivity index (χ3n) is 4.21. The van der Waals surface area contributed by atoms with Crippen LogP contribution in [0.2, 0.25) is 0 Å². The lowest BCUT2D eigenvalue weighted by molar-refractivity contribution is 0.768. The van der Waals surface area contributed by atoms with Crippen molar-refractivity contribution in [2.24, 2.45) is 12.8 Å². The van der Waals surface area contributed by atoms with Gasteiger partial charge in [0.25, 0.3) is 0 Å². The molecule has 138 valence electrons. The lowest BCUT2D eigenvalue weighted by Gasteiger charge is -2.10. The summed E-state index contributed by atoms with van der Waals surface area (Å²) in [5.41, 5.74) is 11.2. The number of nitrogens with zero attached hydrogens (tertiary/aromatic N) is 6. The van der Waals surface area contributed by atoms with E-state index in [0.717, 1.165) is 38.7 Å². The Morgan fingerprint density at radius 1 is 1.30 bits per heavy atom. The summed E-state index contributed by atoms with van der Waals surface area (Å²) in [6.45, 7) is 6.49. The summed E-state index contributed by atoms with van der Waals surface area (Å²) >= 11 is 1.37. The summed E-state index contributed by atoms with van der Waals surface area (Å²) in [5, 5.41) is 8.54. The highest BCUT2D eigenvalue weighted by Gasteiger charge is 2.16. The van der Waals surface area contributed by atoms with Crippen molar-refractivity contribution in [2.45, 2.75) is 13.3 Å². The van der Waals surface area contributed by atoms with Gasteiger partial charge in [-0.05, 0) is 30.6 Å². The number of imidazole rings is 1. The molecule has 4 rings (SSSR count). The lowest BCUT2D eigenvalue weighted by atomic mass is 10.2. The third kappa shape index (κ3) is 3.22. The van der Waals surface area contributed by atoms with Gasteiger partial charge in [0, 0.05) is 37.0 Å². The first-order valence-corrected chi connectivity index (χ1v) is 9.28. The molecule has 8 nitrogen and oxygen atoms in total. The highest BCUT2D eigenvalue weighted by molar-refractivity contribution is 7.10. The average Bonchev–Trinajstić information content (AvgIpc) is 3.34. The zero-order valence-electron chi connectivity index (χ0n) is 15.2. The van der Waals surface area contributed by atoms with Gasteiger partial charge in [0.2, 0.25) is 0 Å². The van der Waals surface area contributed by atoms with Gasteiger partial charge in [-0.25, -0.2) is 9.97 Å². The number of nitrogens with one attached hydrogen (secondary N) is 1. The van der Waals surface area contributed by atoms with Gasteiger partial charge in [0.15, 0.2) is 11.5 Å². The van der Waals surface area contributed by atoms with E-state index < -0.39 is 0 Å². The minimum Gasteiger partial charge on any atom is -0.330 e. The van der Waals surface area contributed by atoms with E-state index in [1.165, 1.54) is 11.5 Å². The van der Waals surface area contributed by atoms with Crippen LogP contribution in [0.25, 0.3) is 22.5 Å². The van der Waals surface area contributed by atoms with E-state index in [2.05, 4.69) is 26.4 Å². The largest absolute Gasteiger partial charge is 0.330 e. The Bertz CT molecular complexity index is 1120. The summed E-state index contributed by atoms with van der Waals surface area (Å²) in [6, 6.07) is 0. The van der Waals surface area contributed by atoms with Crippen LogP contribution < -0.4 is 11.1 Å². The molecule has 0 spiro atoms. The maximum Gasteiger partial charge on any atom is 0.180 e. The second-order valence-corrected chi connectivity index (χ2v) is 7.13. The highest BCUT2D eigenvalue weighted by Crippen LogP contribution is 2.31. The van der Waals surface area contributed by atoms with E-state index in [1.807, 2.05) is 49.4 Å². The molecule has 0 amide bonds. The molecule has 0 saturated heterocycles. The van der Waals surface area contributed by atoms with Crippen molar-refractivity contribution in [2.75, 3.05) is 11.9 Å². The van der Waals surface area contributed by atoms with Crippen molar-refractivity contribution in [3.05, 3.63) is 48.8 Å². The second-order valence-electron chi connectivity index (χ2n) is 6.33. The first-order valence-electron chi connectivity index (χ1n) is 8.50. The summed E-state index contributed by atoms with van der Waals surface area (Å²) in [4.78, 5) is 9.32. The summed E-state index contributed by atoms with van der Waals surface area (Å²) in [6.07, 6.45) is 10.1. The van der Waals surface area contributed by atoms with Crippen molar-refractivity contribution in [1.29, 1.82) is 0 Å². The van der Waals surface area contributed by atoms with Crippen LogP contribution in [0.15, 0.2) is 37.6 Å². The fourth-order valence-corrected chi connectivity index (χ4v) is 3.63. The van der Waals surface area contributed by atoms with Crippen LogP contribution in [0.4, 0.5) is 10.8 Å². The number of aryl methyl sites for hydroxylation is 1. The minimum absolute atomic E-state index is 0.520. The standard InChI is InChI=1S/C18H20N8S/c1-11(2)14-7-22-27-18(14)24-16-17-20-8-15(12-6-21-25(3)9-12)26(17)10-13(23-16)4-5-19/h6-10H,1,4-5,19H2,2-3H3,(H,23,24). The lowest BCUT2D eigenvalue weighted by Crippen LogP contribution is -2.08. The second kappa shape index (κ2) is 6.93. The number of anilines is 2. The van der Waals surface area contributed by atoms with Crippen molar-refractivity contribution >= 4 is 33.6 Å². The zero-order chi connectivity index (χ0) is 19.0. The highest BCUT2D eigenvalue weighted by atomic mass is 32.1. The van der Waals surface area contributed by atoms with Gasteiger partial charge in [0.1, 0.15) is 5.00 Å². The Balaban J connectivity index is 1.85. The normalized spacial score (nSPS) is 11.2. The Hall–Kier alpha value is -3.04. The molecule has 4 aromatic rings. The fraction of sp³-hybridized carbons (Fsp3) is 0.222. The average molecular weight is 380 g/mol. The number of hydrogen-bond donors (Lipinski definition) is 2. The number of rotatable bonds is 6. The Morgan fingerprint density at radius 3 is 2.85 bits per heavy atom. The monoisotopic (exact) mass is 380 g/mol. The van der Waals surface area contributed by atoms with Crippen molar-refractivity contribution in [1.82, 2.24) is 28.5 Å². The Morgan fingerprint density at radius 2 is 2.15 bits per heavy atom. The SMILES string of the molecule is C=C(C)c1cnsc1Nc1nc(CCN)cn2c(-c3cnn(C)c3)cnc12. The molecule has 0 aliphatic rings. The van der Waals surface area contributed by atoms with Gasteiger partial charge in [-0.15, -0.1) is 0 Å². The van der Waals surface area contributed by atoms with E-state index in [1.54, 1.807) is 4.68 Å². The molecule has 0 unspecified atom stereocenters. The van der Waals surface area contributed by atoms with Gasteiger partial charge >= 0.3 is 0 Å².